The second-order valence-corrected chi connectivity index (χ2v) is 6.69. The number of nitrogens with zero attached hydrogens (tertiary/aromatic N) is 2. The minimum Gasteiger partial charge on any atom is -0.497 e. The Morgan fingerprint density at radius 1 is 1.22 bits per heavy atom. The van der Waals surface area contributed by atoms with Gasteiger partial charge in [-0.05, 0) is 57.2 Å². The molecule has 0 bridgehead atoms. The number of hydrogen-bond donors (Lipinski definition) is 2. The molecule has 0 spiro atoms. The van der Waals surface area contributed by atoms with E-state index in [1.165, 1.54) is 31.3 Å². The number of carbonyl (C=O) groups is 1. The van der Waals surface area contributed by atoms with Crippen molar-refractivity contribution in [3.63, 3.8) is 0 Å². The molecule has 1 aromatic carbocycles. The van der Waals surface area contributed by atoms with Crippen molar-refractivity contribution in [2.75, 3.05) is 24.3 Å². The number of methoxy groups -OCH3 is 1. The van der Waals surface area contributed by atoms with Gasteiger partial charge in [0.2, 0.25) is 5.95 Å². The van der Waals surface area contributed by atoms with Crippen molar-refractivity contribution in [1.82, 2.24) is 9.97 Å². The number of hydrogen-bond acceptors (Lipinski definition) is 5. The molecule has 6 nitrogen and oxygen atoms in total. The van der Waals surface area contributed by atoms with Crippen LogP contribution in [0.3, 0.4) is 0 Å². The number of aromatic nitrogens is 2. The van der Waals surface area contributed by atoms with Gasteiger partial charge in [-0.1, -0.05) is 17.7 Å². The number of amides is 1. The molecule has 0 aliphatic heterocycles. The minimum atomic E-state index is -0.271. The molecule has 142 valence electrons. The van der Waals surface area contributed by atoms with Gasteiger partial charge in [0, 0.05) is 24.0 Å². The third kappa shape index (κ3) is 5.54. The van der Waals surface area contributed by atoms with Crippen LogP contribution in [0.2, 0.25) is 0 Å². The number of anilines is 2. The number of benzene rings is 1. The average Bonchev–Trinajstić information content (AvgIpc) is 2.68. The number of rotatable bonds is 7. The van der Waals surface area contributed by atoms with Crippen LogP contribution in [0.1, 0.15) is 48.3 Å². The summed E-state index contributed by atoms with van der Waals surface area (Å²) in [5.41, 5.74) is 3.25. The van der Waals surface area contributed by atoms with Gasteiger partial charge in [-0.25, -0.2) is 9.97 Å². The summed E-state index contributed by atoms with van der Waals surface area (Å²) >= 11 is 0. The van der Waals surface area contributed by atoms with Gasteiger partial charge in [0.05, 0.1) is 7.11 Å². The fourth-order valence-electron chi connectivity index (χ4n) is 3.13. The maximum absolute atomic E-state index is 12.6. The van der Waals surface area contributed by atoms with E-state index in [0.29, 0.717) is 23.1 Å². The SMILES string of the molecule is COc1cccc(NC(=O)c2cc(C)nc(NCCC3=CCCCC3)n2)c1. The van der Waals surface area contributed by atoms with E-state index in [1.54, 1.807) is 19.2 Å². The number of nitrogens with one attached hydrogen (secondary N) is 2. The number of aryl methyl sites for hydroxylation is 1. The van der Waals surface area contributed by atoms with E-state index < -0.39 is 0 Å². The lowest BCUT2D eigenvalue weighted by Crippen LogP contribution is -2.16. The fourth-order valence-corrected chi connectivity index (χ4v) is 3.13. The molecular formula is C21H26N4O2. The first kappa shape index (κ1) is 18.9. The highest BCUT2D eigenvalue weighted by Crippen LogP contribution is 2.20. The Bertz CT molecular complexity index is 833. The third-order valence-electron chi connectivity index (χ3n) is 4.53. The zero-order valence-electron chi connectivity index (χ0n) is 15.9. The lowest BCUT2D eigenvalue weighted by Gasteiger charge is -2.13. The fraction of sp³-hybridized carbons (Fsp3) is 0.381. The molecule has 2 N–H and O–H groups in total. The molecule has 1 aliphatic rings. The topological polar surface area (TPSA) is 76.1 Å². The van der Waals surface area contributed by atoms with Crippen LogP contribution < -0.4 is 15.4 Å². The molecule has 3 rings (SSSR count). The van der Waals surface area contributed by atoms with Gasteiger partial charge in [-0.15, -0.1) is 0 Å². The Morgan fingerprint density at radius 3 is 2.89 bits per heavy atom. The molecule has 1 aromatic heterocycles. The van der Waals surface area contributed by atoms with Crippen molar-refractivity contribution in [3.05, 3.63) is 53.4 Å². The smallest absolute Gasteiger partial charge is 0.274 e. The van der Waals surface area contributed by atoms with Gasteiger partial charge in [-0.3, -0.25) is 4.79 Å². The van der Waals surface area contributed by atoms with E-state index in [2.05, 4.69) is 26.7 Å². The Morgan fingerprint density at radius 2 is 2.11 bits per heavy atom. The number of carbonyl (C=O) groups excluding carboxylic acids is 1. The Kier molecular flexibility index (Phi) is 6.41. The predicted octanol–water partition coefficient (Wildman–Crippen LogP) is 4.35. The zero-order valence-corrected chi connectivity index (χ0v) is 15.9. The molecule has 1 amide bonds. The van der Waals surface area contributed by atoms with Gasteiger partial charge in [0.15, 0.2) is 0 Å². The third-order valence-corrected chi connectivity index (χ3v) is 4.53. The lowest BCUT2D eigenvalue weighted by atomic mass is 9.97. The van der Waals surface area contributed by atoms with Crippen LogP contribution in [0.5, 0.6) is 5.75 Å². The van der Waals surface area contributed by atoms with Crippen molar-refractivity contribution >= 4 is 17.5 Å². The molecule has 0 saturated heterocycles. The van der Waals surface area contributed by atoms with Crippen molar-refractivity contribution < 1.29 is 9.53 Å². The van der Waals surface area contributed by atoms with Crippen molar-refractivity contribution in [2.24, 2.45) is 0 Å². The van der Waals surface area contributed by atoms with Gasteiger partial charge < -0.3 is 15.4 Å². The highest BCUT2D eigenvalue weighted by atomic mass is 16.5. The van der Waals surface area contributed by atoms with E-state index >= 15 is 0 Å². The minimum absolute atomic E-state index is 0.271. The molecule has 0 saturated carbocycles. The van der Waals surface area contributed by atoms with Crippen LogP contribution in [0.15, 0.2) is 42.0 Å². The Hall–Kier alpha value is -2.89. The predicted molar refractivity (Wildman–Crippen MR) is 107 cm³/mol. The normalized spacial score (nSPS) is 13.6. The van der Waals surface area contributed by atoms with Crippen LogP contribution in [0.4, 0.5) is 11.6 Å². The first-order valence-electron chi connectivity index (χ1n) is 9.37. The summed E-state index contributed by atoms with van der Waals surface area (Å²) < 4.78 is 5.18. The van der Waals surface area contributed by atoms with Gasteiger partial charge in [-0.2, -0.15) is 0 Å². The summed E-state index contributed by atoms with van der Waals surface area (Å²) in [6.45, 7) is 2.63. The molecule has 0 radical (unpaired) electrons. The first-order valence-corrected chi connectivity index (χ1v) is 9.37. The summed E-state index contributed by atoms with van der Waals surface area (Å²) in [4.78, 5) is 21.3. The van der Waals surface area contributed by atoms with E-state index in [1.807, 2.05) is 25.1 Å². The summed E-state index contributed by atoms with van der Waals surface area (Å²) in [5.74, 6) is 0.903. The van der Waals surface area contributed by atoms with Crippen LogP contribution in [0, 0.1) is 6.92 Å². The highest BCUT2D eigenvalue weighted by molar-refractivity contribution is 6.03. The molecule has 0 unspecified atom stereocenters. The quantitative estimate of drug-likeness (QED) is 0.713. The lowest BCUT2D eigenvalue weighted by molar-refractivity contribution is 0.102. The Balaban J connectivity index is 1.63. The first-order chi connectivity index (χ1) is 13.1. The maximum Gasteiger partial charge on any atom is 0.274 e. The maximum atomic E-state index is 12.6. The van der Waals surface area contributed by atoms with Crippen LogP contribution in [0.25, 0.3) is 0 Å². The number of ether oxygens (including phenoxy) is 1. The van der Waals surface area contributed by atoms with Crippen LogP contribution >= 0.6 is 0 Å². The Labute approximate surface area is 160 Å². The largest absolute Gasteiger partial charge is 0.497 e. The standard InChI is InChI=1S/C21H26N4O2/c1-15-13-19(20(26)24-17-9-6-10-18(14-17)27-2)25-21(23-15)22-12-11-16-7-4-3-5-8-16/h6-7,9-10,13-14H,3-5,8,11-12H2,1-2H3,(H,24,26)(H,22,23,25). The monoisotopic (exact) mass is 366 g/mol. The molecule has 27 heavy (non-hydrogen) atoms. The summed E-state index contributed by atoms with van der Waals surface area (Å²) in [6.07, 6.45) is 8.28. The average molecular weight is 366 g/mol. The second-order valence-electron chi connectivity index (χ2n) is 6.69. The van der Waals surface area contributed by atoms with E-state index in [9.17, 15) is 4.79 Å². The highest BCUT2D eigenvalue weighted by Gasteiger charge is 2.12. The molecule has 0 atom stereocenters. The van der Waals surface area contributed by atoms with Crippen molar-refractivity contribution in [1.29, 1.82) is 0 Å². The second kappa shape index (κ2) is 9.16. The van der Waals surface area contributed by atoms with Gasteiger partial charge in [0.1, 0.15) is 11.4 Å². The van der Waals surface area contributed by atoms with Crippen LogP contribution in [-0.4, -0.2) is 29.5 Å². The molecule has 6 heteroatoms. The number of allylic oxidation sites excluding steroid dienone is 1. The van der Waals surface area contributed by atoms with Crippen molar-refractivity contribution in [3.8, 4) is 5.75 Å². The van der Waals surface area contributed by atoms with Crippen LogP contribution in [-0.2, 0) is 0 Å². The van der Waals surface area contributed by atoms with E-state index in [-0.39, 0.29) is 5.91 Å². The van der Waals surface area contributed by atoms with E-state index in [4.69, 9.17) is 4.74 Å². The molecule has 1 aliphatic carbocycles. The summed E-state index contributed by atoms with van der Waals surface area (Å²) in [7, 11) is 1.59. The molecule has 0 fully saturated rings. The zero-order chi connectivity index (χ0) is 19.1. The summed E-state index contributed by atoms with van der Waals surface area (Å²) in [6, 6.07) is 8.92. The molecule has 2 aromatic rings. The summed E-state index contributed by atoms with van der Waals surface area (Å²) in [5, 5.41) is 6.10. The van der Waals surface area contributed by atoms with Gasteiger partial charge >= 0.3 is 0 Å². The van der Waals surface area contributed by atoms with Gasteiger partial charge in [0.25, 0.3) is 5.91 Å². The molecule has 1 heterocycles. The van der Waals surface area contributed by atoms with E-state index in [0.717, 1.165) is 18.7 Å². The van der Waals surface area contributed by atoms with Crippen molar-refractivity contribution in [2.45, 2.75) is 39.0 Å². The molecular weight excluding hydrogens is 340 g/mol.